The number of hydrogen-bond acceptors (Lipinski definition) is 4. The molecule has 0 amide bonds. The zero-order valence-electron chi connectivity index (χ0n) is 10.4. The maximum atomic E-state index is 12.3. The molecule has 0 aliphatic heterocycles. The quantitative estimate of drug-likeness (QED) is 0.586. The predicted molar refractivity (Wildman–Crippen MR) is 63.3 cm³/mol. The van der Waals surface area contributed by atoms with Crippen LogP contribution in [0.2, 0.25) is 0 Å². The van der Waals surface area contributed by atoms with E-state index >= 15 is 0 Å². The number of pyridine rings is 1. The van der Waals surface area contributed by atoms with Gasteiger partial charge in [0.25, 0.3) is 0 Å². The third kappa shape index (κ3) is 6.40. The van der Waals surface area contributed by atoms with Crippen LogP contribution in [0.5, 0.6) is 5.88 Å². The molecule has 19 heavy (non-hydrogen) atoms. The highest BCUT2D eigenvalue weighted by molar-refractivity contribution is 5.19. The van der Waals surface area contributed by atoms with Gasteiger partial charge in [-0.15, -0.1) is 0 Å². The topological polar surface area (TPSA) is 57.4 Å². The van der Waals surface area contributed by atoms with Crippen LogP contribution in [0.3, 0.4) is 0 Å². The van der Waals surface area contributed by atoms with Gasteiger partial charge in [-0.1, -0.05) is 6.42 Å². The summed E-state index contributed by atoms with van der Waals surface area (Å²) in [6.45, 7) is 0.961. The number of aromatic nitrogens is 1. The Morgan fingerprint density at radius 3 is 2.26 bits per heavy atom. The van der Waals surface area contributed by atoms with Crippen LogP contribution in [0, 0.1) is 0 Å². The summed E-state index contributed by atoms with van der Waals surface area (Å²) in [4.78, 5) is 8.04. The smallest absolute Gasteiger partial charge is 0.417 e. The average Bonchev–Trinajstić information content (AvgIpc) is 2.37. The van der Waals surface area contributed by atoms with Crippen LogP contribution in [-0.4, -0.2) is 18.2 Å². The van der Waals surface area contributed by atoms with Gasteiger partial charge in [-0.25, -0.2) is 10.9 Å². The van der Waals surface area contributed by atoms with Crippen molar-refractivity contribution in [3.05, 3.63) is 23.9 Å². The van der Waals surface area contributed by atoms with Gasteiger partial charge in [0.05, 0.1) is 18.8 Å². The summed E-state index contributed by atoms with van der Waals surface area (Å²) in [5, 5.41) is 0. The maximum Gasteiger partial charge on any atom is 0.417 e. The Hall–Kier alpha value is -1.34. The molecule has 0 aliphatic rings. The van der Waals surface area contributed by atoms with Crippen molar-refractivity contribution >= 4 is 0 Å². The molecule has 1 aromatic rings. The van der Waals surface area contributed by atoms with Gasteiger partial charge < -0.3 is 9.57 Å². The Morgan fingerprint density at radius 2 is 1.74 bits per heavy atom. The number of nitrogens with zero attached hydrogens (tertiary/aromatic N) is 1. The minimum absolute atomic E-state index is 0.207. The van der Waals surface area contributed by atoms with E-state index in [2.05, 4.69) is 9.82 Å². The molecule has 0 fully saturated rings. The Balaban J connectivity index is 2.20. The van der Waals surface area contributed by atoms with Crippen molar-refractivity contribution in [2.75, 3.05) is 13.2 Å². The predicted octanol–water partition coefficient (Wildman–Crippen LogP) is 2.93. The van der Waals surface area contributed by atoms with Crippen LogP contribution in [-0.2, 0) is 11.0 Å². The van der Waals surface area contributed by atoms with Crippen molar-refractivity contribution in [3.8, 4) is 5.88 Å². The lowest BCUT2D eigenvalue weighted by Crippen LogP contribution is -2.06. The Kier molecular flexibility index (Phi) is 6.58. The van der Waals surface area contributed by atoms with Crippen molar-refractivity contribution in [2.24, 2.45) is 5.90 Å². The fraction of sp³-hybridized carbons (Fsp3) is 0.583. The first-order valence-electron chi connectivity index (χ1n) is 6.02. The summed E-state index contributed by atoms with van der Waals surface area (Å²) in [5.41, 5.74) is -0.776. The van der Waals surface area contributed by atoms with E-state index in [0.717, 1.165) is 37.9 Å². The second-order valence-corrected chi connectivity index (χ2v) is 4.02. The SMILES string of the molecule is NOCCCCCCOc1ccc(C(F)(F)F)cn1. The number of halogens is 3. The van der Waals surface area contributed by atoms with Gasteiger partial charge in [0.2, 0.25) is 5.88 Å². The summed E-state index contributed by atoms with van der Waals surface area (Å²) in [5.74, 6) is 5.08. The van der Waals surface area contributed by atoms with E-state index in [1.807, 2.05) is 0 Å². The fourth-order valence-electron chi connectivity index (χ4n) is 1.45. The van der Waals surface area contributed by atoms with Crippen LogP contribution in [0.25, 0.3) is 0 Å². The first kappa shape index (κ1) is 15.7. The van der Waals surface area contributed by atoms with Crippen LogP contribution in [0.4, 0.5) is 13.2 Å². The maximum absolute atomic E-state index is 12.3. The molecule has 0 aliphatic carbocycles. The molecule has 2 N–H and O–H groups in total. The molecule has 0 saturated carbocycles. The fourth-order valence-corrected chi connectivity index (χ4v) is 1.45. The lowest BCUT2D eigenvalue weighted by atomic mass is 10.2. The highest BCUT2D eigenvalue weighted by Crippen LogP contribution is 2.29. The summed E-state index contributed by atoms with van der Waals surface area (Å²) < 4.78 is 42.1. The van der Waals surface area contributed by atoms with E-state index in [9.17, 15) is 13.2 Å². The van der Waals surface area contributed by atoms with Crippen LogP contribution < -0.4 is 10.6 Å². The first-order valence-corrected chi connectivity index (χ1v) is 6.02. The zero-order chi connectivity index (χ0) is 14.1. The Bertz CT molecular complexity index is 355. The van der Waals surface area contributed by atoms with Gasteiger partial charge in [0, 0.05) is 12.3 Å². The molecule has 0 spiro atoms. The van der Waals surface area contributed by atoms with Crippen molar-refractivity contribution in [1.29, 1.82) is 0 Å². The van der Waals surface area contributed by atoms with Gasteiger partial charge >= 0.3 is 6.18 Å². The zero-order valence-corrected chi connectivity index (χ0v) is 10.4. The van der Waals surface area contributed by atoms with Crippen LogP contribution in [0.1, 0.15) is 31.2 Å². The third-order valence-corrected chi connectivity index (χ3v) is 2.47. The summed E-state index contributed by atoms with van der Waals surface area (Å²) >= 11 is 0. The van der Waals surface area contributed by atoms with E-state index in [4.69, 9.17) is 10.6 Å². The van der Waals surface area contributed by atoms with Crippen molar-refractivity contribution in [1.82, 2.24) is 4.98 Å². The number of hydrogen-bond donors (Lipinski definition) is 1. The molecule has 0 bridgehead atoms. The van der Waals surface area contributed by atoms with Crippen molar-refractivity contribution in [3.63, 3.8) is 0 Å². The first-order chi connectivity index (χ1) is 9.04. The number of rotatable bonds is 8. The van der Waals surface area contributed by atoms with Crippen LogP contribution >= 0.6 is 0 Å². The molecule has 0 aromatic carbocycles. The molecular weight excluding hydrogens is 261 g/mol. The molecule has 0 saturated heterocycles. The molecule has 1 heterocycles. The molecule has 108 valence electrons. The van der Waals surface area contributed by atoms with Gasteiger partial charge in [0.15, 0.2) is 0 Å². The van der Waals surface area contributed by atoms with E-state index < -0.39 is 11.7 Å². The number of nitrogens with two attached hydrogens (primary N) is 1. The molecule has 0 atom stereocenters. The summed E-state index contributed by atoms with van der Waals surface area (Å²) in [6.07, 6.45) is 0.0256. The second-order valence-electron chi connectivity index (χ2n) is 4.02. The largest absolute Gasteiger partial charge is 0.478 e. The number of unbranched alkanes of at least 4 members (excludes halogenated alkanes) is 3. The standard InChI is InChI=1S/C12H17F3N2O2/c13-12(14,15)10-5-6-11(17-9-10)18-7-3-1-2-4-8-19-16/h5-6,9H,1-4,7-8,16H2. The molecule has 7 heteroatoms. The monoisotopic (exact) mass is 278 g/mol. The Labute approximate surface area is 109 Å². The second kappa shape index (κ2) is 7.96. The number of alkyl halides is 3. The van der Waals surface area contributed by atoms with Crippen molar-refractivity contribution < 1.29 is 22.7 Å². The van der Waals surface area contributed by atoms with E-state index in [1.165, 1.54) is 6.07 Å². The lowest BCUT2D eigenvalue weighted by molar-refractivity contribution is -0.137. The highest BCUT2D eigenvalue weighted by atomic mass is 19.4. The molecule has 4 nitrogen and oxygen atoms in total. The van der Waals surface area contributed by atoms with Crippen molar-refractivity contribution in [2.45, 2.75) is 31.9 Å². The molecule has 0 radical (unpaired) electrons. The molecular formula is C12H17F3N2O2. The highest BCUT2D eigenvalue weighted by Gasteiger charge is 2.30. The van der Waals surface area contributed by atoms with E-state index in [-0.39, 0.29) is 5.88 Å². The minimum Gasteiger partial charge on any atom is -0.478 e. The Morgan fingerprint density at radius 1 is 1.05 bits per heavy atom. The summed E-state index contributed by atoms with van der Waals surface area (Å²) in [7, 11) is 0. The minimum atomic E-state index is -4.36. The third-order valence-electron chi connectivity index (χ3n) is 2.47. The van der Waals surface area contributed by atoms with E-state index in [1.54, 1.807) is 0 Å². The molecule has 0 unspecified atom stereocenters. The lowest BCUT2D eigenvalue weighted by Gasteiger charge is -2.08. The molecule has 1 aromatic heterocycles. The molecule has 1 rings (SSSR count). The van der Waals surface area contributed by atoms with Crippen LogP contribution in [0.15, 0.2) is 18.3 Å². The number of ether oxygens (including phenoxy) is 1. The van der Waals surface area contributed by atoms with Gasteiger partial charge in [-0.3, -0.25) is 0 Å². The van der Waals surface area contributed by atoms with Gasteiger partial charge in [-0.2, -0.15) is 13.2 Å². The average molecular weight is 278 g/mol. The normalized spacial score (nSPS) is 11.6. The van der Waals surface area contributed by atoms with E-state index in [0.29, 0.717) is 13.2 Å². The van der Waals surface area contributed by atoms with Gasteiger partial charge in [0.1, 0.15) is 0 Å². The summed E-state index contributed by atoms with van der Waals surface area (Å²) in [6, 6.07) is 2.19. The van der Waals surface area contributed by atoms with Gasteiger partial charge in [-0.05, 0) is 25.3 Å².